The van der Waals surface area contributed by atoms with E-state index in [2.05, 4.69) is 26.5 Å². The molecule has 0 fully saturated rings. The van der Waals surface area contributed by atoms with Crippen molar-refractivity contribution in [2.75, 3.05) is 6.61 Å². The van der Waals surface area contributed by atoms with E-state index >= 15 is 0 Å². The van der Waals surface area contributed by atoms with Gasteiger partial charge in [-0.3, -0.25) is 4.79 Å². The van der Waals surface area contributed by atoms with Crippen LogP contribution in [-0.4, -0.2) is 18.2 Å². The highest BCUT2D eigenvalue weighted by Gasteiger charge is 2.02. The molecule has 1 amide bonds. The lowest BCUT2D eigenvalue weighted by molar-refractivity contribution is -0.123. The molecular formula is C16H15BrN2O2. The van der Waals surface area contributed by atoms with Crippen molar-refractivity contribution in [2.24, 2.45) is 5.10 Å². The molecule has 0 saturated carbocycles. The molecular weight excluding hydrogens is 332 g/mol. The number of carbonyl (C=O) groups is 1. The summed E-state index contributed by atoms with van der Waals surface area (Å²) >= 11 is 3.34. The molecule has 0 radical (unpaired) electrons. The number of rotatable bonds is 5. The molecule has 0 spiro atoms. The molecule has 0 aliphatic heterocycles. The molecule has 5 heteroatoms. The Morgan fingerprint density at radius 3 is 2.48 bits per heavy atom. The average molecular weight is 347 g/mol. The minimum absolute atomic E-state index is 0.0762. The Balaban J connectivity index is 1.83. The molecule has 2 aromatic rings. The number of benzene rings is 2. The largest absolute Gasteiger partial charge is 0.484 e. The molecule has 0 unspecified atom stereocenters. The summed E-state index contributed by atoms with van der Waals surface area (Å²) < 4.78 is 6.32. The van der Waals surface area contributed by atoms with Crippen LogP contribution < -0.4 is 10.2 Å². The van der Waals surface area contributed by atoms with Gasteiger partial charge in [-0.2, -0.15) is 5.10 Å². The topological polar surface area (TPSA) is 50.7 Å². The summed E-state index contributed by atoms with van der Waals surface area (Å²) in [6.07, 6.45) is 0. The van der Waals surface area contributed by atoms with Gasteiger partial charge in [0.2, 0.25) is 0 Å². The molecule has 108 valence electrons. The zero-order valence-corrected chi connectivity index (χ0v) is 13.1. The van der Waals surface area contributed by atoms with Gasteiger partial charge in [0.05, 0.1) is 5.71 Å². The van der Waals surface area contributed by atoms with Gasteiger partial charge in [0.15, 0.2) is 6.61 Å². The first-order chi connectivity index (χ1) is 10.1. The van der Waals surface area contributed by atoms with E-state index in [1.54, 1.807) is 12.1 Å². The molecule has 0 heterocycles. The van der Waals surface area contributed by atoms with Gasteiger partial charge in [-0.1, -0.05) is 46.3 Å². The Hall–Kier alpha value is -2.14. The fourth-order valence-corrected chi connectivity index (χ4v) is 1.87. The Labute approximate surface area is 132 Å². The smallest absolute Gasteiger partial charge is 0.277 e. The summed E-state index contributed by atoms with van der Waals surface area (Å²) in [7, 11) is 0. The number of ether oxygens (including phenoxy) is 1. The summed E-state index contributed by atoms with van der Waals surface area (Å²) in [6.45, 7) is 1.76. The Morgan fingerprint density at radius 2 is 1.81 bits per heavy atom. The summed E-state index contributed by atoms with van der Waals surface area (Å²) in [5.41, 5.74) is 4.18. The lowest BCUT2D eigenvalue weighted by Gasteiger charge is -2.06. The van der Waals surface area contributed by atoms with E-state index in [9.17, 15) is 4.79 Å². The second-order valence-electron chi connectivity index (χ2n) is 4.34. The molecule has 0 atom stereocenters. The normalized spacial score (nSPS) is 11.0. The Bertz CT molecular complexity index is 624. The van der Waals surface area contributed by atoms with Crippen LogP contribution in [0.1, 0.15) is 12.5 Å². The molecule has 1 N–H and O–H groups in total. The van der Waals surface area contributed by atoms with Crippen LogP contribution in [0.4, 0.5) is 0 Å². The Morgan fingerprint density at radius 1 is 1.14 bits per heavy atom. The zero-order valence-electron chi connectivity index (χ0n) is 11.5. The number of nitrogens with zero attached hydrogens (tertiary/aromatic N) is 1. The maximum absolute atomic E-state index is 11.7. The van der Waals surface area contributed by atoms with Crippen LogP contribution in [-0.2, 0) is 4.79 Å². The zero-order chi connectivity index (χ0) is 15.1. The van der Waals surface area contributed by atoms with E-state index in [-0.39, 0.29) is 12.5 Å². The maximum atomic E-state index is 11.7. The van der Waals surface area contributed by atoms with Gasteiger partial charge in [0.25, 0.3) is 5.91 Å². The van der Waals surface area contributed by atoms with E-state index < -0.39 is 0 Å². The number of hydrogen-bond donors (Lipinski definition) is 1. The van der Waals surface area contributed by atoms with E-state index in [0.717, 1.165) is 15.7 Å². The number of carbonyl (C=O) groups excluding carboxylic acids is 1. The summed E-state index contributed by atoms with van der Waals surface area (Å²) in [5, 5.41) is 4.05. The van der Waals surface area contributed by atoms with Crippen molar-refractivity contribution < 1.29 is 9.53 Å². The van der Waals surface area contributed by atoms with Gasteiger partial charge in [0, 0.05) is 4.47 Å². The number of amides is 1. The van der Waals surface area contributed by atoms with Crippen LogP contribution in [0.5, 0.6) is 5.75 Å². The minimum atomic E-state index is -0.298. The van der Waals surface area contributed by atoms with Crippen LogP contribution in [0, 0.1) is 0 Å². The van der Waals surface area contributed by atoms with Crippen LogP contribution in [0.2, 0.25) is 0 Å². The third-order valence-corrected chi connectivity index (χ3v) is 3.25. The standard InChI is InChI=1S/C16H15BrN2O2/c1-12(13-5-3-2-4-6-13)18-19-16(20)11-21-15-9-7-14(17)8-10-15/h2-10H,11H2,1H3,(H,19,20)/b18-12-. The van der Waals surface area contributed by atoms with Crippen molar-refractivity contribution in [3.05, 3.63) is 64.6 Å². The highest BCUT2D eigenvalue weighted by atomic mass is 79.9. The van der Waals surface area contributed by atoms with Crippen molar-refractivity contribution in [3.8, 4) is 5.75 Å². The SMILES string of the molecule is C/C(=N/NC(=O)COc1ccc(Br)cc1)c1ccccc1. The van der Waals surface area contributed by atoms with Gasteiger partial charge < -0.3 is 4.74 Å². The summed E-state index contributed by atoms with van der Waals surface area (Å²) in [4.78, 5) is 11.7. The maximum Gasteiger partial charge on any atom is 0.277 e. The minimum Gasteiger partial charge on any atom is -0.484 e. The van der Waals surface area contributed by atoms with Crippen molar-refractivity contribution in [3.63, 3.8) is 0 Å². The third kappa shape index (κ3) is 5.04. The monoisotopic (exact) mass is 346 g/mol. The first-order valence-corrected chi connectivity index (χ1v) is 7.21. The Kier molecular flexibility index (Phi) is 5.51. The van der Waals surface area contributed by atoms with E-state index in [1.807, 2.05) is 49.4 Å². The van der Waals surface area contributed by atoms with Crippen LogP contribution in [0.25, 0.3) is 0 Å². The number of hydrogen-bond acceptors (Lipinski definition) is 3. The highest BCUT2D eigenvalue weighted by Crippen LogP contribution is 2.15. The second-order valence-corrected chi connectivity index (χ2v) is 5.26. The predicted octanol–water partition coefficient (Wildman–Crippen LogP) is 3.37. The van der Waals surface area contributed by atoms with Crippen LogP contribution >= 0.6 is 15.9 Å². The van der Waals surface area contributed by atoms with E-state index in [1.165, 1.54) is 0 Å². The molecule has 2 aromatic carbocycles. The summed E-state index contributed by atoms with van der Waals surface area (Å²) in [5.74, 6) is 0.338. The molecule has 0 aliphatic carbocycles. The van der Waals surface area contributed by atoms with Gasteiger partial charge in [-0.05, 0) is 36.8 Å². The van der Waals surface area contributed by atoms with Crippen molar-refractivity contribution in [1.82, 2.24) is 5.43 Å². The first-order valence-electron chi connectivity index (χ1n) is 6.42. The molecule has 0 aliphatic rings. The highest BCUT2D eigenvalue weighted by molar-refractivity contribution is 9.10. The number of hydrazone groups is 1. The lowest BCUT2D eigenvalue weighted by Crippen LogP contribution is -2.25. The molecule has 0 saturated heterocycles. The average Bonchev–Trinajstić information content (AvgIpc) is 2.53. The fourth-order valence-electron chi connectivity index (χ4n) is 1.60. The number of halogens is 1. The predicted molar refractivity (Wildman–Crippen MR) is 86.4 cm³/mol. The molecule has 2 rings (SSSR count). The first kappa shape index (κ1) is 15.3. The van der Waals surface area contributed by atoms with Gasteiger partial charge in [0.1, 0.15) is 5.75 Å². The van der Waals surface area contributed by atoms with E-state index in [0.29, 0.717) is 5.75 Å². The van der Waals surface area contributed by atoms with Gasteiger partial charge in [-0.25, -0.2) is 5.43 Å². The lowest BCUT2D eigenvalue weighted by atomic mass is 10.1. The molecule has 0 bridgehead atoms. The fraction of sp³-hybridized carbons (Fsp3) is 0.125. The molecule has 21 heavy (non-hydrogen) atoms. The third-order valence-electron chi connectivity index (χ3n) is 2.72. The van der Waals surface area contributed by atoms with Crippen molar-refractivity contribution >= 4 is 27.5 Å². The van der Waals surface area contributed by atoms with Crippen molar-refractivity contribution in [1.29, 1.82) is 0 Å². The van der Waals surface area contributed by atoms with E-state index in [4.69, 9.17) is 4.74 Å². The molecule has 0 aromatic heterocycles. The van der Waals surface area contributed by atoms with Crippen LogP contribution in [0.15, 0.2) is 64.2 Å². The molecule has 4 nitrogen and oxygen atoms in total. The quantitative estimate of drug-likeness (QED) is 0.666. The van der Waals surface area contributed by atoms with Crippen LogP contribution in [0.3, 0.4) is 0 Å². The second kappa shape index (κ2) is 7.59. The van der Waals surface area contributed by atoms with Crippen molar-refractivity contribution in [2.45, 2.75) is 6.92 Å². The van der Waals surface area contributed by atoms with Gasteiger partial charge in [-0.15, -0.1) is 0 Å². The number of nitrogens with one attached hydrogen (secondary N) is 1. The summed E-state index contributed by atoms with van der Waals surface area (Å²) in [6, 6.07) is 16.9. The van der Waals surface area contributed by atoms with Gasteiger partial charge >= 0.3 is 0 Å².